The van der Waals surface area contributed by atoms with Gasteiger partial charge in [0.2, 0.25) is 0 Å². The Kier molecular flexibility index (Phi) is 6.25. The third-order valence-corrected chi connectivity index (χ3v) is 3.53. The number of nitrogens with one attached hydrogen (secondary N) is 1. The molecule has 1 N–H and O–H groups in total. The molecule has 0 radical (unpaired) electrons. The van der Waals surface area contributed by atoms with Crippen molar-refractivity contribution in [2.24, 2.45) is 5.10 Å². The Labute approximate surface area is 149 Å². The summed E-state index contributed by atoms with van der Waals surface area (Å²) < 4.78 is 17.4. The van der Waals surface area contributed by atoms with Crippen LogP contribution in [0.25, 0.3) is 0 Å². The predicted octanol–water partition coefficient (Wildman–Crippen LogP) is 3.18. The highest BCUT2D eigenvalue weighted by molar-refractivity contribution is 14.1. The number of methoxy groups -OCH3 is 1. The van der Waals surface area contributed by atoms with Crippen molar-refractivity contribution in [3.8, 4) is 11.5 Å². The van der Waals surface area contributed by atoms with Crippen LogP contribution in [0, 0.1) is 3.77 Å². The van der Waals surface area contributed by atoms with Crippen LogP contribution >= 0.6 is 38.5 Å². The molecule has 0 aliphatic carbocycles. The molecule has 2 aromatic rings. The molecule has 0 unspecified atom stereocenters. The molecule has 0 bridgehead atoms. The molecule has 1 heterocycles. The highest BCUT2D eigenvalue weighted by atomic mass is 127. The van der Waals surface area contributed by atoms with Crippen LogP contribution in [-0.2, 0) is 4.79 Å². The molecular formula is C14H12BrIN2O4. The lowest BCUT2D eigenvalue weighted by Gasteiger charge is -2.09. The Morgan fingerprint density at radius 1 is 1.41 bits per heavy atom. The van der Waals surface area contributed by atoms with Gasteiger partial charge in [0.05, 0.1) is 13.3 Å². The molecule has 0 atom stereocenters. The topological polar surface area (TPSA) is 73.1 Å². The van der Waals surface area contributed by atoms with Gasteiger partial charge in [-0.05, 0) is 52.9 Å². The fraction of sp³-hybridized carbons (Fsp3) is 0.143. The summed E-state index contributed by atoms with van der Waals surface area (Å²) in [7, 11) is 1.53. The van der Waals surface area contributed by atoms with Gasteiger partial charge in [-0.15, -0.1) is 0 Å². The van der Waals surface area contributed by atoms with Gasteiger partial charge in [-0.2, -0.15) is 5.10 Å². The number of carbonyl (C=O) groups excluding carboxylic acids is 1. The molecule has 2 rings (SSSR count). The minimum absolute atomic E-state index is 0.176. The molecule has 0 spiro atoms. The first-order chi connectivity index (χ1) is 10.6. The molecule has 0 aliphatic rings. The monoisotopic (exact) mass is 478 g/mol. The summed E-state index contributed by atoms with van der Waals surface area (Å²) in [5.41, 5.74) is 2.35. The summed E-state index contributed by atoms with van der Waals surface area (Å²) in [5, 5.41) is 3.78. The lowest BCUT2D eigenvalue weighted by Crippen LogP contribution is -2.24. The van der Waals surface area contributed by atoms with E-state index in [4.69, 9.17) is 13.9 Å². The quantitative estimate of drug-likeness (QED) is 0.393. The lowest BCUT2D eigenvalue weighted by atomic mass is 10.3. The zero-order chi connectivity index (χ0) is 15.9. The van der Waals surface area contributed by atoms with Crippen molar-refractivity contribution in [3.05, 3.63) is 44.3 Å². The number of hydrogen-bond donors (Lipinski definition) is 1. The lowest BCUT2D eigenvalue weighted by molar-refractivity contribution is -0.123. The first kappa shape index (κ1) is 16.8. The van der Waals surface area contributed by atoms with Gasteiger partial charge in [-0.25, -0.2) is 5.43 Å². The van der Waals surface area contributed by atoms with Gasteiger partial charge < -0.3 is 13.9 Å². The smallest absolute Gasteiger partial charge is 0.277 e. The summed E-state index contributed by atoms with van der Waals surface area (Å²) in [6, 6.07) is 8.81. The standard InChI is InChI=1S/C14H12BrIN2O4/c1-20-12-6-9(15)2-4-11(12)21-8-14(19)18-17-7-10-3-5-13(16)22-10/h2-7H,8H2,1H3,(H,18,19)/b17-7-. The van der Waals surface area contributed by atoms with Gasteiger partial charge in [0.1, 0.15) is 5.76 Å². The maximum Gasteiger partial charge on any atom is 0.277 e. The zero-order valence-corrected chi connectivity index (χ0v) is 15.3. The van der Waals surface area contributed by atoms with E-state index in [0.717, 1.165) is 8.24 Å². The van der Waals surface area contributed by atoms with Crippen LogP contribution < -0.4 is 14.9 Å². The van der Waals surface area contributed by atoms with Crippen LogP contribution in [-0.4, -0.2) is 25.8 Å². The maximum absolute atomic E-state index is 11.6. The third-order valence-electron chi connectivity index (χ3n) is 2.46. The van der Waals surface area contributed by atoms with E-state index in [0.29, 0.717) is 17.3 Å². The second-order valence-corrected chi connectivity index (χ2v) is 6.00. The van der Waals surface area contributed by atoms with E-state index in [-0.39, 0.29) is 12.5 Å². The molecular weight excluding hydrogens is 467 g/mol. The number of benzene rings is 1. The number of halogens is 2. The van der Waals surface area contributed by atoms with Crippen molar-refractivity contribution in [3.63, 3.8) is 0 Å². The van der Waals surface area contributed by atoms with Crippen molar-refractivity contribution < 1.29 is 18.7 Å². The van der Waals surface area contributed by atoms with Gasteiger partial charge in [-0.3, -0.25) is 4.79 Å². The Hall–Kier alpha value is -1.55. The highest BCUT2D eigenvalue weighted by Crippen LogP contribution is 2.29. The van der Waals surface area contributed by atoms with Crippen molar-refractivity contribution in [2.75, 3.05) is 13.7 Å². The number of ether oxygens (including phenoxy) is 2. The highest BCUT2D eigenvalue weighted by Gasteiger charge is 2.07. The first-order valence-corrected chi connectivity index (χ1v) is 7.99. The number of hydrogen-bond acceptors (Lipinski definition) is 5. The molecule has 116 valence electrons. The Bertz CT molecular complexity index is 687. The van der Waals surface area contributed by atoms with E-state index in [1.54, 1.807) is 30.3 Å². The van der Waals surface area contributed by atoms with E-state index in [2.05, 4.69) is 26.5 Å². The molecule has 22 heavy (non-hydrogen) atoms. The van der Waals surface area contributed by atoms with Crippen molar-refractivity contribution in [2.45, 2.75) is 0 Å². The van der Waals surface area contributed by atoms with Gasteiger partial charge in [0.15, 0.2) is 21.9 Å². The van der Waals surface area contributed by atoms with Gasteiger partial charge in [0, 0.05) is 4.47 Å². The SMILES string of the molecule is COc1cc(Br)ccc1OCC(=O)N/N=C\c1ccc(I)o1. The molecule has 6 nitrogen and oxygen atoms in total. The molecule has 1 amide bonds. The molecule has 0 saturated carbocycles. The molecule has 1 aromatic heterocycles. The number of amides is 1. The van der Waals surface area contributed by atoms with Crippen LogP contribution in [0.2, 0.25) is 0 Å². The van der Waals surface area contributed by atoms with Crippen LogP contribution in [0.1, 0.15) is 5.76 Å². The van der Waals surface area contributed by atoms with E-state index in [1.807, 2.05) is 22.6 Å². The number of rotatable bonds is 6. The molecule has 0 saturated heterocycles. The van der Waals surface area contributed by atoms with Crippen LogP contribution in [0.15, 0.2) is 44.3 Å². The zero-order valence-electron chi connectivity index (χ0n) is 11.5. The summed E-state index contributed by atoms with van der Waals surface area (Å²) >= 11 is 5.38. The molecule has 0 fully saturated rings. The number of nitrogens with zero attached hydrogens (tertiary/aromatic N) is 1. The third kappa shape index (κ3) is 5.02. The average molecular weight is 479 g/mol. The number of furan rings is 1. The summed E-state index contributed by atoms with van der Waals surface area (Å²) in [6.07, 6.45) is 1.42. The summed E-state index contributed by atoms with van der Waals surface area (Å²) in [4.78, 5) is 11.6. The second kappa shape index (κ2) is 8.18. The van der Waals surface area contributed by atoms with Crippen LogP contribution in [0.4, 0.5) is 0 Å². The molecule has 0 aliphatic heterocycles. The normalized spacial score (nSPS) is 10.7. The van der Waals surface area contributed by atoms with Crippen molar-refractivity contribution >= 4 is 50.6 Å². The number of hydrazone groups is 1. The minimum Gasteiger partial charge on any atom is -0.493 e. The summed E-state index contributed by atoms with van der Waals surface area (Å²) in [6.45, 7) is -0.176. The van der Waals surface area contributed by atoms with E-state index < -0.39 is 0 Å². The first-order valence-electron chi connectivity index (χ1n) is 6.12. The second-order valence-electron chi connectivity index (χ2n) is 4.02. The van der Waals surface area contributed by atoms with E-state index >= 15 is 0 Å². The van der Waals surface area contributed by atoms with Gasteiger partial charge >= 0.3 is 0 Å². The maximum atomic E-state index is 11.6. The number of carbonyl (C=O) groups is 1. The van der Waals surface area contributed by atoms with Crippen LogP contribution in [0.3, 0.4) is 0 Å². The summed E-state index contributed by atoms with van der Waals surface area (Å²) in [5.74, 6) is 1.18. The Morgan fingerprint density at radius 2 is 2.23 bits per heavy atom. The van der Waals surface area contributed by atoms with Gasteiger partial charge in [-0.1, -0.05) is 15.9 Å². The van der Waals surface area contributed by atoms with Crippen molar-refractivity contribution in [1.82, 2.24) is 5.43 Å². The van der Waals surface area contributed by atoms with Crippen LogP contribution in [0.5, 0.6) is 11.5 Å². The predicted molar refractivity (Wildman–Crippen MR) is 93.4 cm³/mol. The van der Waals surface area contributed by atoms with Gasteiger partial charge in [0.25, 0.3) is 5.91 Å². The minimum atomic E-state index is -0.387. The average Bonchev–Trinajstić information content (AvgIpc) is 2.91. The molecule has 8 heteroatoms. The fourth-order valence-corrected chi connectivity index (χ4v) is 2.28. The largest absolute Gasteiger partial charge is 0.493 e. The van der Waals surface area contributed by atoms with E-state index in [9.17, 15) is 4.79 Å². The Morgan fingerprint density at radius 3 is 2.91 bits per heavy atom. The van der Waals surface area contributed by atoms with E-state index in [1.165, 1.54) is 13.3 Å². The van der Waals surface area contributed by atoms with Crippen molar-refractivity contribution in [1.29, 1.82) is 0 Å². The fourth-order valence-electron chi connectivity index (χ4n) is 1.50. The molecule has 1 aromatic carbocycles. The Balaban J connectivity index is 1.84.